The van der Waals surface area contributed by atoms with Crippen LogP contribution < -0.4 is 5.32 Å². The number of hydrogen-bond acceptors (Lipinski definition) is 4. The maximum absolute atomic E-state index is 13.2. The van der Waals surface area contributed by atoms with Crippen LogP contribution in [0.4, 0.5) is 4.79 Å². The second-order valence-corrected chi connectivity index (χ2v) is 8.76. The smallest absolute Gasteiger partial charge is 0.307 e. The van der Waals surface area contributed by atoms with Crippen molar-refractivity contribution in [3.05, 3.63) is 65.2 Å². The van der Waals surface area contributed by atoms with Crippen LogP contribution in [-0.2, 0) is 27.9 Å². The number of carbonyl (C=O) groups excluding carboxylic acids is 2. The summed E-state index contributed by atoms with van der Waals surface area (Å²) in [5.74, 6) is -0.469. The molecule has 2 aromatic carbocycles. The summed E-state index contributed by atoms with van der Waals surface area (Å²) in [6.45, 7) is 2.23. The molecule has 1 saturated heterocycles. The zero-order valence-electron chi connectivity index (χ0n) is 14.8. The molecule has 0 radical (unpaired) electrons. The molecule has 1 unspecified atom stereocenters. The average Bonchev–Trinajstić information content (AvgIpc) is 2.86. The molecule has 1 atom stereocenters. The van der Waals surface area contributed by atoms with Crippen molar-refractivity contribution in [2.75, 3.05) is 6.54 Å². The van der Waals surface area contributed by atoms with E-state index in [0.29, 0.717) is 0 Å². The van der Waals surface area contributed by atoms with Gasteiger partial charge in [0.05, 0.1) is 4.90 Å². The fraction of sp³-hybridized carbons (Fsp3) is 0.263. The lowest BCUT2D eigenvalue weighted by atomic mass is 10.0. The molecule has 4 rings (SSSR count). The molecular formula is C19H19N3O4S. The molecule has 2 aromatic rings. The first kappa shape index (κ1) is 17.7. The molecule has 1 fully saturated rings. The van der Waals surface area contributed by atoms with Gasteiger partial charge in [-0.2, -0.15) is 4.31 Å². The summed E-state index contributed by atoms with van der Waals surface area (Å²) in [5, 5.41) is 2.29. The molecule has 8 heteroatoms. The molecule has 7 nitrogen and oxygen atoms in total. The largest absolute Gasteiger partial charge is 0.325 e. The summed E-state index contributed by atoms with van der Waals surface area (Å²) in [6, 6.07) is 12.6. The first-order valence-electron chi connectivity index (χ1n) is 8.61. The highest BCUT2D eigenvalue weighted by Crippen LogP contribution is 2.27. The molecule has 3 amide bonds. The van der Waals surface area contributed by atoms with Crippen LogP contribution in [0.5, 0.6) is 0 Å². The van der Waals surface area contributed by atoms with Crippen LogP contribution in [0.3, 0.4) is 0 Å². The molecule has 0 spiro atoms. The highest BCUT2D eigenvalue weighted by Gasteiger charge is 2.43. The van der Waals surface area contributed by atoms with Gasteiger partial charge in [-0.3, -0.25) is 10.1 Å². The minimum absolute atomic E-state index is 0.0812. The van der Waals surface area contributed by atoms with Gasteiger partial charge in [-0.05, 0) is 30.2 Å². The highest BCUT2D eigenvalue weighted by atomic mass is 32.2. The van der Waals surface area contributed by atoms with Gasteiger partial charge in [0.15, 0.2) is 0 Å². The Labute approximate surface area is 157 Å². The molecule has 140 valence electrons. The number of urea groups is 1. The van der Waals surface area contributed by atoms with E-state index < -0.39 is 28.0 Å². The first-order chi connectivity index (χ1) is 12.9. The van der Waals surface area contributed by atoms with Gasteiger partial charge < -0.3 is 4.90 Å². The SMILES string of the molecule is Cc1ccc(S(=O)(=O)N2Cc3ccccc3CN3C(=O)NC(=O)C3C2)cc1. The second-order valence-electron chi connectivity index (χ2n) is 6.82. The standard InChI is InChI=1S/C19H19N3O4S/c1-13-6-8-16(9-7-13)27(25,26)21-10-14-4-2-3-5-15(14)11-22-17(12-21)18(23)20-19(22)24/h2-9,17H,10-12H2,1H3,(H,20,23,24). The van der Waals surface area contributed by atoms with E-state index in [4.69, 9.17) is 0 Å². The van der Waals surface area contributed by atoms with Crippen LogP contribution in [0.1, 0.15) is 16.7 Å². The third-order valence-corrected chi connectivity index (χ3v) is 6.84. The molecule has 1 N–H and O–H groups in total. The van der Waals surface area contributed by atoms with E-state index in [-0.39, 0.29) is 24.5 Å². The summed E-state index contributed by atoms with van der Waals surface area (Å²) in [5.41, 5.74) is 2.61. The topological polar surface area (TPSA) is 86.8 Å². The zero-order chi connectivity index (χ0) is 19.2. The van der Waals surface area contributed by atoms with Gasteiger partial charge in [0.2, 0.25) is 10.0 Å². The number of sulfonamides is 1. The molecule has 0 aliphatic carbocycles. The molecular weight excluding hydrogens is 366 g/mol. The van der Waals surface area contributed by atoms with Crippen molar-refractivity contribution >= 4 is 22.0 Å². The van der Waals surface area contributed by atoms with Crippen molar-refractivity contribution < 1.29 is 18.0 Å². The maximum Gasteiger partial charge on any atom is 0.325 e. The Morgan fingerprint density at radius 3 is 2.26 bits per heavy atom. The average molecular weight is 385 g/mol. The van der Waals surface area contributed by atoms with E-state index >= 15 is 0 Å². The minimum atomic E-state index is -3.83. The quantitative estimate of drug-likeness (QED) is 0.796. The third kappa shape index (κ3) is 3.11. The van der Waals surface area contributed by atoms with E-state index in [1.54, 1.807) is 24.3 Å². The molecule has 2 aliphatic heterocycles. The lowest BCUT2D eigenvalue weighted by Gasteiger charge is -2.32. The predicted octanol–water partition coefficient (Wildman–Crippen LogP) is 1.62. The lowest BCUT2D eigenvalue weighted by Crippen LogP contribution is -2.47. The fourth-order valence-electron chi connectivity index (χ4n) is 3.45. The Balaban J connectivity index is 1.79. The number of rotatable bonds is 2. The number of imide groups is 1. The number of nitrogens with one attached hydrogen (secondary N) is 1. The predicted molar refractivity (Wildman–Crippen MR) is 98.1 cm³/mol. The number of fused-ring (bicyclic) bond motifs is 2. The van der Waals surface area contributed by atoms with Crippen molar-refractivity contribution in [2.45, 2.75) is 31.0 Å². The van der Waals surface area contributed by atoms with Gasteiger partial charge in [-0.15, -0.1) is 0 Å². The second kappa shape index (κ2) is 6.47. The van der Waals surface area contributed by atoms with Gasteiger partial charge in [0.25, 0.3) is 5.91 Å². The highest BCUT2D eigenvalue weighted by molar-refractivity contribution is 7.89. The summed E-state index contributed by atoms with van der Waals surface area (Å²) < 4.78 is 27.8. The number of nitrogens with zero attached hydrogens (tertiary/aromatic N) is 2. The molecule has 0 aromatic heterocycles. The maximum atomic E-state index is 13.2. The molecule has 2 heterocycles. The van der Waals surface area contributed by atoms with Gasteiger partial charge >= 0.3 is 6.03 Å². The van der Waals surface area contributed by atoms with Gasteiger partial charge in [0.1, 0.15) is 6.04 Å². The van der Waals surface area contributed by atoms with Crippen molar-refractivity contribution in [2.24, 2.45) is 0 Å². The van der Waals surface area contributed by atoms with E-state index in [9.17, 15) is 18.0 Å². The number of amides is 3. The number of benzene rings is 2. The van der Waals surface area contributed by atoms with E-state index in [1.807, 2.05) is 31.2 Å². The van der Waals surface area contributed by atoms with Gasteiger partial charge in [0, 0.05) is 19.6 Å². The van der Waals surface area contributed by atoms with Crippen molar-refractivity contribution in [1.29, 1.82) is 0 Å². The Kier molecular flexibility index (Phi) is 4.24. The number of aryl methyl sites for hydroxylation is 1. The van der Waals surface area contributed by atoms with Crippen LogP contribution in [0, 0.1) is 6.92 Å². The van der Waals surface area contributed by atoms with Crippen molar-refractivity contribution in [1.82, 2.24) is 14.5 Å². The minimum Gasteiger partial charge on any atom is -0.307 e. The lowest BCUT2D eigenvalue weighted by molar-refractivity contribution is -0.121. The zero-order valence-corrected chi connectivity index (χ0v) is 15.6. The Hall–Kier alpha value is -2.71. The molecule has 0 saturated carbocycles. The molecule has 27 heavy (non-hydrogen) atoms. The van der Waals surface area contributed by atoms with Crippen molar-refractivity contribution in [3.63, 3.8) is 0 Å². The van der Waals surface area contributed by atoms with Crippen LogP contribution in [0.15, 0.2) is 53.4 Å². The summed E-state index contributed by atoms with van der Waals surface area (Å²) in [4.78, 5) is 26.0. The van der Waals surface area contributed by atoms with Crippen molar-refractivity contribution in [3.8, 4) is 0 Å². The van der Waals surface area contributed by atoms with Crippen LogP contribution in [0.25, 0.3) is 0 Å². The summed E-state index contributed by atoms with van der Waals surface area (Å²) >= 11 is 0. The van der Waals surface area contributed by atoms with E-state index in [0.717, 1.165) is 16.7 Å². The van der Waals surface area contributed by atoms with Crippen LogP contribution in [-0.4, -0.2) is 42.1 Å². The van der Waals surface area contributed by atoms with Crippen LogP contribution >= 0.6 is 0 Å². The summed E-state index contributed by atoms with van der Waals surface area (Å²) in [7, 11) is -3.83. The molecule has 0 bridgehead atoms. The first-order valence-corrected chi connectivity index (χ1v) is 10.1. The Morgan fingerprint density at radius 1 is 0.963 bits per heavy atom. The third-order valence-electron chi connectivity index (χ3n) is 5.01. The fourth-order valence-corrected chi connectivity index (χ4v) is 4.87. The van der Waals surface area contributed by atoms with E-state index in [2.05, 4.69) is 5.32 Å². The number of carbonyl (C=O) groups is 2. The molecule has 2 aliphatic rings. The van der Waals surface area contributed by atoms with Crippen LogP contribution in [0.2, 0.25) is 0 Å². The monoisotopic (exact) mass is 385 g/mol. The normalized spacial score (nSPS) is 20.5. The van der Waals surface area contributed by atoms with E-state index in [1.165, 1.54) is 9.21 Å². The number of hydrogen-bond donors (Lipinski definition) is 1. The van der Waals surface area contributed by atoms with Gasteiger partial charge in [-0.25, -0.2) is 13.2 Å². The Bertz CT molecular complexity index is 1020. The van der Waals surface area contributed by atoms with Gasteiger partial charge in [-0.1, -0.05) is 42.0 Å². The summed E-state index contributed by atoms with van der Waals surface area (Å²) in [6.07, 6.45) is 0. The Morgan fingerprint density at radius 2 is 1.59 bits per heavy atom.